The Morgan fingerprint density at radius 2 is 2.25 bits per heavy atom. The van der Waals surface area contributed by atoms with Gasteiger partial charge in [-0.05, 0) is 30.4 Å². The summed E-state index contributed by atoms with van der Waals surface area (Å²) in [5.74, 6) is 3.40. The molecule has 1 N–H and O–H groups in total. The Morgan fingerprint density at radius 1 is 1.44 bits per heavy atom. The maximum Gasteiger partial charge on any atom is 0.0221 e. The molecule has 2 atom stereocenters. The van der Waals surface area contributed by atoms with Crippen molar-refractivity contribution in [2.45, 2.75) is 39.7 Å². The minimum absolute atomic E-state index is 0.720. The van der Waals surface area contributed by atoms with E-state index in [4.69, 9.17) is 0 Å². The summed E-state index contributed by atoms with van der Waals surface area (Å²) in [6.45, 7) is 11.9. The van der Waals surface area contributed by atoms with Crippen LogP contribution in [0.2, 0.25) is 0 Å². The van der Waals surface area contributed by atoms with Gasteiger partial charge in [-0.15, -0.1) is 0 Å². The van der Waals surface area contributed by atoms with Crippen molar-refractivity contribution >= 4 is 11.8 Å². The fraction of sp³-hybridized carbons (Fsp3) is 1.00. The molecule has 2 unspecified atom stereocenters. The molecular weight excluding hydrogens is 216 g/mol. The molecule has 2 nitrogen and oxygen atoms in total. The zero-order chi connectivity index (χ0) is 11.8. The molecule has 1 heterocycles. The third-order valence-electron chi connectivity index (χ3n) is 3.59. The predicted molar refractivity (Wildman–Crippen MR) is 75.3 cm³/mol. The summed E-state index contributed by atoms with van der Waals surface area (Å²) in [4.78, 5) is 2.64. The molecule has 0 aromatic carbocycles. The summed E-state index contributed by atoms with van der Waals surface area (Å²) in [5, 5.41) is 3.65. The van der Waals surface area contributed by atoms with Gasteiger partial charge in [-0.2, -0.15) is 11.8 Å². The summed E-state index contributed by atoms with van der Waals surface area (Å²) >= 11 is 2.07. The Kier molecular flexibility index (Phi) is 7.50. The van der Waals surface area contributed by atoms with Crippen LogP contribution in [0.3, 0.4) is 0 Å². The van der Waals surface area contributed by atoms with Gasteiger partial charge in [-0.3, -0.25) is 0 Å². The van der Waals surface area contributed by atoms with Crippen molar-refractivity contribution in [2.75, 3.05) is 37.7 Å². The fourth-order valence-electron chi connectivity index (χ4n) is 2.25. The molecule has 1 aliphatic heterocycles. The Bertz CT molecular complexity index is 175. The van der Waals surface area contributed by atoms with Crippen LogP contribution in [0.4, 0.5) is 0 Å². The number of rotatable bonds is 7. The summed E-state index contributed by atoms with van der Waals surface area (Å²) < 4.78 is 0. The van der Waals surface area contributed by atoms with Crippen LogP contribution in [0, 0.1) is 5.92 Å². The molecule has 1 saturated heterocycles. The van der Waals surface area contributed by atoms with Gasteiger partial charge < -0.3 is 10.2 Å². The van der Waals surface area contributed by atoms with Crippen molar-refractivity contribution in [3.05, 3.63) is 0 Å². The number of piperazine rings is 1. The standard InChI is InChI=1S/C13H28N2S/c1-4-12(3)13-11-15(9-7-14-13)8-6-10-16-5-2/h12-14H,4-11H2,1-3H3. The maximum absolute atomic E-state index is 3.65. The van der Waals surface area contributed by atoms with Gasteiger partial charge in [0.05, 0.1) is 0 Å². The summed E-state index contributed by atoms with van der Waals surface area (Å²) in [6.07, 6.45) is 2.64. The molecule has 3 heteroatoms. The number of hydrogen-bond donors (Lipinski definition) is 1. The second-order valence-corrected chi connectivity index (χ2v) is 6.19. The first kappa shape index (κ1) is 14.3. The van der Waals surface area contributed by atoms with Crippen molar-refractivity contribution in [1.29, 1.82) is 0 Å². The Labute approximate surface area is 106 Å². The highest BCUT2D eigenvalue weighted by atomic mass is 32.2. The van der Waals surface area contributed by atoms with Crippen molar-refractivity contribution in [3.63, 3.8) is 0 Å². The molecule has 1 aliphatic rings. The summed E-state index contributed by atoms with van der Waals surface area (Å²) in [5.41, 5.74) is 0. The zero-order valence-corrected chi connectivity index (χ0v) is 12.0. The molecule has 1 fully saturated rings. The molecule has 0 spiro atoms. The molecule has 0 amide bonds. The van der Waals surface area contributed by atoms with Gasteiger partial charge in [0.15, 0.2) is 0 Å². The van der Waals surface area contributed by atoms with Crippen LogP contribution in [-0.4, -0.2) is 48.6 Å². The average molecular weight is 244 g/mol. The highest BCUT2D eigenvalue weighted by molar-refractivity contribution is 7.99. The van der Waals surface area contributed by atoms with Gasteiger partial charge in [-0.1, -0.05) is 27.2 Å². The Morgan fingerprint density at radius 3 is 2.94 bits per heavy atom. The van der Waals surface area contributed by atoms with E-state index in [1.165, 1.54) is 50.5 Å². The number of thioether (sulfide) groups is 1. The van der Waals surface area contributed by atoms with Crippen molar-refractivity contribution in [3.8, 4) is 0 Å². The third kappa shape index (κ3) is 5.07. The van der Waals surface area contributed by atoms with Gasteiger partial charge in [0.25, 0.3) is 0 Å². The van der Waals surface area contributed by atoms with Crippen LogP contribution in [0.15, 0.2) is 0 Å². The molecule has 0 aromatic rings. The van der Waals surface area contributed by atoms with E-state index in [1.54, 1.807) is 0 Å². The smallest absolute Gasteiger partial charge is 0.0221 e. The largest absolute Gasteiger partial charge is 0.311 e. The van der Waals surface area contributed by atoms with Crippen molar-refractivity contribution in [2.24, 2.45) is 5.92 Å². The maximum atomic E-state index is 3.65. The quantitative estimate of drug-likeness (QED) is 0.693. The average Bonchev–Trinajstić information content (AvgIpc) is 2.34. The highest BCUT2D eigenvalue weighted by Crippen LogP contribution is 2.12. The summed E-state index contributed by atoms with van der Waals surface area (Å²) in [6, 6.07) is 0.720. The fourth-order valence-corrected chi connectivity index (χ4v) is 2.87. The molecule has 0 saturated carbocycles. The molecule has 0 radical (unpaired) electrons. The topological polar surface area (TPSA) is 15.3 Å². The Hall–Kier alpha value is 0.270. The Balaban J connectivity index is 2.17. The highest BCUT2D eigenvalue weighted by Gasteiger charge is 2.22. The molecule has 0 bridgehead atoms. The normalized spacial score (nSPS) is 24.6. The van der Waals surface area contributed by atoms with Gasteiger partial charge in [0.1, 0.15) is 0 Å². The summed E-state index contributed by atoms with van der Waals surface area (Å²) in [7, 11) is 0. The van der Waals surface area contributed by atoms with E-state index < -0.39 is 0 Å². The van der Waals surface area contributed by atoms with Crippen molar-refractivity contribution < 1.29 is 0 Å². The van der Waals surface area contributed by atoms with E-state index >= 15 is 0 Å². The van der Waals surface area contributed by atoms with Gasteiger partial charge in [-0.25, -0.2) is 0 Å². The lowest BCUT2D eigenvalue weighted by molar-refractivity contribution is 0.169. The molecule has 0 aromatic heterocycles. The van der Waals surface area contributed by atoms with Crippen molar-refractivity contribution in [1.82, 2.24) is 10.2 Å². The van der Waals surface area contributed by atoms with Crippen LogP contribution in [0.1, 0.15) is 33.6 Å². The number of nitrogens with one attached hydrogen (secondary N) is 1. The SMILES string of the molecule is CCSCCCN1CCNC(C(C)CC)C1. The van der Waals surface area contributed by atoms with Gasteiger partial charge in [0, 0.05) is 25.7 Å². The van der Waals surface area contributed by atoms with Crippen LogP contribution >= 0.6 is 11.8 Å². The lowest BCUT2D eigenvalue weighted by Crippen LogP contribution is -2.53. The zero-order valence-electron chi connectivity index (χ0n) is 11.2. The minimum atomic E-state index is 0.720. The first-order chi connectivity index (χ1) is 7.77. The second-order valence-electron chi connectivity index (χ2n) is 4.80. The second kappa shape index (κ2) is 8.37. The first-order valence-corrected chi connectivity index (χ1v) is 7.96. The van der Waals surface area contributed by atoms with E-state index in [1.807, 2.05) is 0 Å². The molecule has 96 valence electrons. The van der Waals surface area contributed by atoms with Crippen LogP contribution in [0.5, 0.6) is 0 Å². The van der Waals surface area contributed by atoms with E-state index in [0.29, 0.717) is 0 Å². The molecular formula is C13H28N2S. The van der Waals surface area contributed by atoms with Crippen LogP contribution in [0.25, 0.3) is 0 Å². The molecule has 16 heavy (non-hydrogen) atoms. The minimum Gasteiger partial charge on any atom is -0.311 e. The number of hydrogen-bond acceptors (Lipinski definition) is 3. The van der Waals surface area contributed by atoms with E-state index in [9.17, 15) is 0 Å². The monoisotopic (exact) mass is 244 g/mol. The third-order valence-corrected chi connectivity index (χ3v) is 4.57. The van der Waals surface area contributed by atoms with E-state index in [0.717, 1.165) is 12.0 Å². The van der Waals surface area contributed by atoms with Crippen LogP contribution in [-0.2, 0) is 0 Å². The van der Waals surface area contributed by atoms with E-state index in [2.05, 4.69) is 42.7 Å². The predicted octanol–water partition coefficient (Wildman–Crippen LogP) is 2.45. The van der Waals surface area contributed by atoms with Crippen LogP contribution < -0.4 is 5.32 Å². The van der Waals surface area contributed by atoms with Gasteiger partial charge in [0.2, 0.25) is 0 Å². The molecule has 1 rings (SSSR count). The lowest BCUT2D eigenvalue weighted by atomic mass is 9.97. The molecule has 0 aliphatic carbocycles. The van der Waals surface area contributed by atoms with Gasteiger partial charge >= 0.3 is 0 Å². The van der Waals surface area contributed by atoms with E-state index in [-0.39, 0.29) is 0 Å². The first-order valence-electron chi connectivity index (χ1n) is 6.81. The lowest BCUT2D eigenvalue weighted by Gasteiger charge is -2.36. The number of nitrogens with zero attached hydrogens (tertiary/aromatic N) is 1.